The molecule has 112 valence electrons. The minimum Gasteiger partial charge on any atom is -0.463 e. The van der Waals surface area contributed by atoms with Gasteiger partial charge in [-0.3, -0.25) is 0 Å². The largest absolute Gasteiger partial charge is 0.463 e. The second-order valence-electron chi connectivity index (χ2n) is 5.20. The Morgan fingerprint density at radius 3 is 2.30 bits per heavy atom. The Kier molecular flexibility index (Phi) is 5.83. The van der Waals surface area contributed by atoms with Crippen molar-refractivity contribution in [2.24, 2.45) is 5.92 Å². The molecule has 0 bridgehead atoms. The van der Waals surface area contributed by atoms with Gasteiger partial charge in [0.2, 0.25) is 11.9 Å². The molecule has 0 aliphatic heterocycles. The first-order chi connectivity index (χ1) is 9.81. The molecule has 2 N–H and O–H groups in total. The van der Waals surface area contributed by atoms with Gasteiger partial charge in [-0.05, 0) is 25.2 Å². The normalized spacial score (nSPS) is 14.1. The Bertz CT molecular complexity index is 382. The van der Waals surface area contributed by atoms with E-state index < -0.39 is 0 Å². The van der Waals surface area contributed by atoms with Crippen molar-refractivity contribution in [3.8, 4) is 6.01 Å². The molecule has 2 rings (SSSR count). The van der Waals surface area contributed by atoms with E-state index in [4.69, 9.17) is 4.74 Å². The standard InChI is InChI=1S/C14H25N5O/c1-3-8-15-12-17-13(16-9-7-11-5-6-11)19-14(18-12)20-10-4-2/h11H,3-10H2,1-2H3,(H2,15,16,17,18,19). The van der Waals surface area contributed by atoms with Gasteiger partial charge in [0.25, 0.3) is 0 Å². The summed E-state index contributed by atoms with van der Waals surface area (Å²) >= 11 is 0. The van der Waals surface area contributed by atoms with Crippen LogP contribution in [0.15, 0.2) is 0 Å². The average molecular weight is 279 g/mol. The molecule has 1 heterocycles. The van der Waals surface area contributed by atoms with Crippen LogP contribution in [0.5, 0.6) is 6.01 Å². The van der Waals surface area contributed by atoms with Crippen molar-refractivity contribution in [3.05, 3.63) is 0 Å². The molecule has 0 amide bonds. The molecule has 0 unspecified atom stereocenters. The van der Waals surface area contributed by atoms with Crippen molar-refractivity contribution in [1.82, 2.24) is 15.0 Å². The summed E-state index contributed by atoms with van der Waals surface area (Å²) in [6.07, 6.45) is 5.89. The van der Waals surface area contributed by atoms with Crippen LogP contribution in [-0.4, -0.2) is 34.6 Å². The second kappa shape index (κ2) is 7.87. The third-order valence-electron chi connectivity index (χ3n) is 3.12. The first kappa shape index (κ1) is 14.8. The molecule has 1 saturated carbocycles. The fraction of sp³-hybridized carbons (Fsp3) is 0.786. The quantitative estimate of drug-likeness (QED) is 0.686. The van der Waals surface area contributed by atoms with Crippen LogP contribution in [-0.2, 0) is 0 Å². The SMILES string of the molecule is CCCNc1nc(NCCC2CC2)nc(OCCC)n1. The number of nitrogens with zero attached hydrogens (tertiary/aromatic N) is 3. The van der Waals surface area contributed by atoms with Gasteiger partial charge in [0.15, 0.2) is 0 Å². The Morgan fingerprint density at radius 2 is 1.70 bits per heavy atom. The number of ether oxygens (including phenoxy) is 1. The molecule has 0 aromatic carbocycles. The summed E-state index contributed by atoms with van der Waals surface area (Å²) in [5, 5.41) is 6.45. The van der Waals surface area contributed by atoms with E-state index in [1.165, 1.54) is 19.3 Å². The van der Waals surface area contributed by atoms with Crippen molar-refractivity contribution in [2.45, 2.75) is 46.0 Å². The van der Waals surface area contributed by atoms with E-state index in [0.717, 1.165) is 31.8 Å². The monoisotopic (exact) mass is 279 g/mol. The number of nitrogens with one attached hydrogen (secondary N) is 2. The predicted octanol–water partition coefficient (Wildman–Crippen LogP) is 2.69. The topological polar surface area (TPSA) is 72.0 Å². The molecular weight excluding hydrogens is 254 g/mol. The molecule has 20 heavy (non-hydrogen) atoms. The van der Waals surface area contributed by atoms with Crippen LogP contribution in [0.4, 0.5) is 11.9 Å². The first-order valence-electron chi connectivity index (χ1n) is 7.68. The molecule has 1 aliphatic rings. The number of rotatable bonds is 10. The summed E-state index contributed by atoms with van der Waals surface area (Å²) in [7, 11) is 0. The third kappa shape index (κ3) is 5.19. The van der Waals surface area contributed by atoms with Gasteiger partial charge >= 0.3 is 6.01 Å². The smallest absolute Gasteiger partial charge is 0.323 e. The summed E-state index contributed by atoms with van der Waals surface area (Å²) in [6, 6.07) is 0.398. The zero-order valence-electron chi connectivity index (χ0n) is 12.5. The van der Waals surface area contributed by atoms with E-state index in [-0.39, 0.29) is 0 Å². The van der Waals surface area contributed by atoms with E-state index in [1.807, 2.05) is 0 Å². The maximum absolute atomic E-state index is 5.51. The molecule has 0 spiro atoms. The van der Waals surface area contributed by atoms with Crippen molar-refractivity contribution in [3.63, 3.8) is 0 Å². The van der Waals surface area contributed by atoms with Gasteiger partial charge in [0, 0.05) is 13.1 Å². The minimum absolute atomic E-state index is 0.398. The minimum atomic E-state index is 0.398. The highest BCUT2D eigenvalue weighted by Gasteiger charge is 2.20. The molecule has 1 aliphatic carbocycles. The van der Waals surface area contributed by atoms with Crippen molar-refractivity contribution in [1.29, 1.82) is 0 Å². The van der Waals surface area contributed by atoms with Gasteiger partial charge in [-0.25, -0.2) is 0 Å². The van der Waals surface area contributed by atoms with E-state index in [9.17, 15) is 0 Å². The Balaban J connectivity index is 1.94. The summed E-state index contributed by atoms with van der Waals surface area (Å²) in [4.78, 5) is 12.9. The molecule has 6 heteroatoms. The van der Waals surface area contributed by atoms with Crippen LogP contribution in [0.3, 0.4) is 0 Å². The number of aromatic nitrogens is 3. The lowest BCUT2D eigenvalue weighted by Crippen LogP contribution is -2.12. The van der Waals surface area contributed by atoms with Crippen LogP contribution >= 0.6 is 0 Å². The highest BCUT2D eigenvalue weighted by atomic mass is 16.5. The van der Waals surface area contributed by atoms with Crippen molar-refractivity contribution < 1.29 is 4.74 Å². The Hall–Kier alpha value is -1.59. The summed E-state index contributed by atoms with van der Waals surface area (Å²) < 4.78 is 5.51. The zero-order valence-corrected chi connectivity index (χ0v) is 12.5. The molecule has 1 fully saturated rings. The molecule has 1 aromatic rings. The maximum atomic E-state index is 5.51. The molecule has 6 nitrogen and oxygen atoms in total. The van der Waals surface area contributed by atoms with E-state index >= 15 is 0 Å². The second-order valence-corrected chi connectivity index (χ2v) is 5.20. The number of hydrogen-bond acceptors (Lipinski definition) is 6. The Morgan fingerprint density at radius 1 is 1.00 bits per heavy atom. The fourth-order valence-corrected chi connectivity index (χ4v) is 1.80. The van der Waals surface area contributed by atoms with Crippen molar-refractivity contribution >= 4 is 11.9 Å². The van der Waals surface area contributed by atoms with Crippen LogP contribution in [0, 0.1) is 5.92 Å². The maximum Gasteiger partial charge on any atom is 0.323 e. The van der Waals surface area contributed by atoms with Crippen LogP contribution in [0.1, 0.15) is 46.0 Å². The summed E-state index contributed by atoms with van der Waals surface area (Å²) in [5.41, 5.74) is 0. The van der Waals surface area contributed by atoms with Crippen molar-refractivity contribution in [2.75, 3.05) is 30.3 Å². The lowest BCUT2D eigenvalue weighted by Gasteiger charge is -2.10. The predicted molar refractivity (Wildman–Crippen MR) is 80.2 cm³/mol. The van der Waals surface area contributed by atoms with Gasteiger partial charge in [-0.2, -0.15) is 15.0 Å². The van der Waals surface area contributed by atoms with Crippen LogP contribution in [0.25, 0.3) is 0 Å². The average Bonchev–Trinajstić information content (AvgIpc) is 3.27. The molecule has 0 radical (unpaired) electrons. The number of hydrogen-bond donors (Lipinski definition) is 2. The lowest BCUT2D eigenvalue weighted by molar-refractivity contribution is 0.292. The molecule has 1 aromatic heterocycles. The molecule has 0 saturated heterocycles. The first-order valence-corrected chi connectivity index (χ1v) is 7.68. The van der Waals surface area contributed by atoms with Crippen LogP contribution < -0.4 is 15.4 Å². The van der Waals surface area contributed by atoms with Gasteiger partial charge in [0.1, 0.15) is 0 Å². The van der Waals surface area contributed by atoms with Gasteiger partial charge in [-0.15, -0.1) is 0 Å². The van der Waals surface area contributed by atoms with E-state index in [0.29, 0.717) is 24.5 Å². The molecule has 0 atom stereocenters. The van der Waals surface area contributed by atoms with Gasteiger partial charge < -0.3 is 15.4 Å². The summed E-state index contributed by atoms with van der Waals surface area (Å²) in [6.45, 7) is 6.55. The Labute approximate surface area is 120 Å². The van der Waals surface area contributed by atoms with E-state index in [2.05, 4.69) is 39.4 Å². The van der Waals surface area contributed by atoms with Crippen LogP contribution in [0.2, 0.25) is 0 Å². The highest BCUT2D eigenvalue weighted by molar-refractivity contribution is 5.35. The van der Waals surface area contributed by atoms with Gasteiger partial charge in [0.05, 0.1) is 6.61 Å². The molecular formula is C14H25N5O. The van der Waals surface area contributed by atoms with Gasteiger partial charge in [-0.1, -0.05) is 26.7 Å². The lowest BCUT2D eigenvalue weighted by atomic mass is 10.3. The fourth-order valence-electron chi connectivity index (χ4n) is 1.80. The number of anilines is 2. The van der Waals surface area contributed by atoms with E-state index in [1.54, 1.807) is 0 Å². The third-order valence-corrected chi connectivity index (χ3v) is 3.12. The zero-order chi connectivity index (χ0) is 14.2. The summed E-state index contributed by atoms with van der Waals surface area (Å²) in [5.74, 6) is 2.09. The highest BCUT2D eigenvalue weighted by Crippen LogP contribution is 2.32.